The van der Waals surface area contributed by atoms with Crippen molar-refractivity contribution >= 4 is 0 Å². The quantitative estimate of drug-likeness (QED) is 0.902. The second kappa shape index (κ2) is 6.28. The number of hydrogen-bond acceptors (Lipinski definition) is 2. The molecule has 2 heteroatoms. The lowest BCUT2D eigenvalue weighted by Crippen LogP contribution is -2.35. The fourth-order valence-corrected chi connectivity index (χ4v) is 3.62. The molecule has 3 rings (SSSR count). The minimum Gasteiger partial charge on any atom is -0.314 e. The standard InChI is InChI=1S/C18H28N2/c1-14-6-5-8-15(12-14)18-16(13-19-17-9-10-17)7-3-4-11-20(18)2/h5-6,8,12,16-19H,3-4,7,9-11,13H2,1-2H3. The van der Waals surface area contributed by atoms with Crippen LogP contribution in [0.2, 0.25) is 0 Å². The van der Waals surface area contributed by atoms with Crippen LogP contribution in [0.5, 0.6) is 0 Å². The van der Waals surface area contributed by atoms with Crippen LogP contribution in [0, 0.1) is 12.8 Å². The van der Waals surface area contributed by atoms with Crippen molar-refractivity contribution in [1.82, 2.24) is 10.2 Å². The van der Waals surface area contributed by atoms with Gasteiger partial charge in [0.2, 0.25) is 0 Å². The zero-order valence-electron chi connectivity index (χ0n) is 12.9. The second-order valence-corrected chi connectivity index (χ2v) is 6.78. The maximum Gasteiger partial charge on any atom is 0.0385 e. The van der Waals surface area contributed by atoms with Crippen molar-refractivity contribution < 1.29 is 0 Å². The summed E-state index contributed by atoms with van der Waals surface area (Å²) in [6.45, 7) is 4.63. The molecule has 110 valence electrons. The van der Waals surface area contributed by atoms with Crippen molar-refractivity contribution in [3.63, 3.8) is 0 Å². The van der Waals surface area contributed by atoms with E-state index in [1.54, 1.807) is 0 Å². The summed E-state index contributed by atoms with van der Waals surface area (Å²) >= 11 is 0. The van der Waals surface area contributed by atoms with Crippen molar-refractivity contribution in [2.24, 2.45) is 5.92 Å². The van der Waals surface area contributed by atoms with Crippen LogP contribution in [0.4, 0.5) is 0 Å². The Bertz CT molecular complexity index is 439. The van der Waals surface area contributed by atoms with E-state index in [0.29, 0.717) is 6.04 Å². The first-order valence-electron chi connectivity index (χ1n) is 8.24. The van der Waals surface area contributed by atoms with Gasteiger partial charge in [0, 0.05) is 18.6 Å². The van der Waals surface area contributed by atoms with Gasteiger partial charge in [-0.15, -0.1) is 0 Å². The molecule has 1 saturated heterocycles. The Hall–Kier alpha value is -0.860. The molecule has 20 heavy (non-hydrogen) atoms. The van der Waals surface area contributed by atoms with E-state index in [0.717, 1.165) is 12.0 Å². The van der Waals surface area contributed by atoms with E-state index in [2.05, 4.69) is 48.5 Å². The van der Waals surface area contributed by atoms with E-state index in [1.807, 2.05) is 0 Å². The number of benzene rings is 1. The van der Waals surface area contributed by atoms with Crippen molar-refractivity contribution in [1.29, 1.82) is 0 Å². The number of nitrogens with one attached hydrogen (secondary N) is 1. The third-order valence-electron chi connectivity index (χ3n) is 4.89. The van der Waals surface area contributed by atoms with Gasteiger partial charge in [0.25, 0.3) is 0 Å². The van der Waals surface area contributed by atoms with Gasteiger partial charge in [0.15, 0.2) is 0 Å². The third kappa shape index (κ3) is 3.42. The van der Waals surface area contributed by atoms with Crippen LogP contribution < -0.4 is 5.32 Å². The summed E-state index contributed by atoms with van der Waals surface area (Å²) in [5.74, 6) is 0.755. The van der Waals surface area contributed by atoms with Crippen LogP contribution in [-0.4, -0.2) is 31.1 Å². The molecule has 0 amide bonds. The summed E-state index contributed by atoms with van der Waals surface area (Å²) in [6.07, 6.45) is 6.86. The number of aryl methyl sites for hydroxylation is 1. The zero-order valence-corrected chi connectivity index (χ0v) is 12.9. The van der Waals surface area contributed by atoms with E-state index in [4.69, 9.17) is 0 Å². The van der Waals surface area contributed by atoms with Gasteiger partial charge in [0.05, 0.1) is 0 Å². The lowest BCUT2D eigenvalue weighted by Gasteiger charge is -2.33. The summed E-state index contributed by atoms with van der Waals surface area (Å²) in [6, 6.07) is 10.5. The molecule has 1 N–H and O–H groups in total. The maximum absolute atomic E-state index is 3.76. The van der Waals surface area contributed by atoms with Crippen LogP contribution in [0.1, 0.15) is 49.3 Å². The van der Waals surface area contributed by atoms with E-state index in [1.165, 1.54) is 56.3 Å². The molecule has 0 aromatic heterocycles. The Morgan fingerprint density at radius 2 is 2.05 bits per heavy atom. The summed E-state index contributed by atoms with van der Waals surface area (Å²) in [5, 5.41) is 3.76. The molecule has 2 atom stereocenters. The Morgan fingerprint density at radius 1 is 1.20 bits per heavy atom. The minimum absolute atomic E-state index is 0.587. The zero-order chi connectivity index (χ0) is 13.9. The predicted molar refractivity (Wildman–Crippen MR) is 84.9 cm³/mol. The highest BCUT2D eigenvalue weighted by atomic mass is 15.1. The van der Waals surface area contributed by atoms with Gasteiger partial charge in [-0.3, -0.25) is 4.90 Å². The van der Waals surface area contributed by atoms with Crippen LogP contribution in [0.3, 0.4) is 0 Å². The SMILES string of the molecule is Cc1cccc(C2C(CNC3CC3)CCCCN2C)c1. The summed E-state index contributed by atoms with van der Waals surface area (Å²) in [4.78, 5) is 2.58. The van der Waals surface area contributed by atoms with Crippen LogP contribution in [-0.2, 0) is 0 Å². The minimum atomic E-state index is 0.587. The first kappa shape index (κ1) is 14.1. The molecule has 2 unspecified atom stereocenters. The first-order chi connectivity index (χ1) is 9.74. The average Bonchev–Trinajstić information content (AvgIpc) is 3.24. The van der Waals surface area contributed by atoms with Gasteiger partial charge in [-0.05, 0) is 57.7 Å². The van der Waals surface area contributed by atoms with E-state index in [-0.39, 0.29) is 0 Å². The smallest absolute Gasteiger partial charge is 0.0385 e. The van der Waals surface area contributed by atoms with Crippen molar-refractivity contribution in [2.45, 2.75) is 51.1 Å². The highest BCUT2D eigenvalue weighted by Gasteiger charge is 2.30. The largest absolute Gasteiger partial charge is 0.314 e. The van der Waals surface area contributed by atoms with E-state index < -0.39 is 0 Å². The molecule has 0 spiro atoms. The Morgan fingerprint density at radius 3 is 2.80 bits per heavy atom. The number of nitrogens with zero attached hydrogens (tertiary/aromatic N) is 1. The fraction of sp³-hybridized carbons (Fsp3) is 0.667. The first-order valence-corrected chi connectivity index (χ1v) is 8.24. The molecule has 2 fully saturated rings. The lowest BCUT2D eigenvalue weighted by atomic mass is 9.88. The second-order valence-electron chi connectivity index (χ2n) is 6.78. The van der Waals surface area contributed by atoms with Gasteiger partial charge < -0.3 is 5.32 Å². The number of likely N-dealkylation sites (tertiary alicyclic amines) is 1. The molecular formula is C18H28N2. The fourth-order valence-electron chi connectivity index (χ4n) is 3.62. The Balaban J connectivity index is 1.79. The molecule has 1 aromatic rings. The molecule has 1 heterocycles. The monoisotopic (exact) mass is 272 g/mol. The van der Waals surface area contributed by atoms with Gasteiger partial charge in [0.1, 0.15) is 0 Å². The van der Waals surface area contributed by atoms with Gasteiger partial charge in [-0.2, -0.15) is 0 Å². The molecule has 1 saturated carbocycles. The molecule has 1 aliphatic carbocycles. The summed E-state index contributed by atoms with van der Waals surface area (Å²) in [7, 11) is 2.31. The number of hydrogen-bond donors (Lipinski definition) is 1. The number of rotatable bonds is 4. The molecule has 0 bridgehead atoms. The third-order valence-corrected chi connectivity index (χ3v) is 4.89. The molecular weight excluding hydrogens is 244 g/mol. The molecule has 1 aromatic carbocycles. The van der Waals surface area contributed by atoms with Gasteiger partial charge in [-0.1, -0.05) is 36.2 Å². The lowest BCUT2D eigenvalue weighted by molar-refractivity contribution is 0.188. The molecule has 2 aliphatic rings. The van der Waals surface area contributed by atoms with E-state index in [9.17, 15) is 0 Å². The van der Waals surface area contributed by atoms with E-state index >= 15 is 0 Å². The highest BCUT2D eigenvalue weighted by molar-refractivity contribution is 5.26. The molecule has 1 aliphatic heterocycles. The van der Waals surface area contributed by atoms with Gasteiger partial charge >= 0.3 is 0 Å². The van der Waals surface area contributed by atoms with Crippen molar-refractivity contribution in [2.75, 3.05) is 20.1 Å². The van der Waals surface area contributed by atoms with Crippen LogP contribution >= 0.6 is 0 Å². The van der Waals surface area contributed by atoms with Crippen molar-refractivity contribution in [3.8, 4) is 0 Å². The topological polar surface area (TPSA) is 15.3 Å². The summed E-state index contributed by atoms with van der Waals surface area (Å²) in [5.41, 5.74) is 2.89. The maximum atomic E-state index is 3.76. The highest BCUT2D eigenvalue weighted by Crippen LogP contribution is 2.34. The van der Waals surface area contributed by atoms with Crippen molar-refractivity contribution in [3.05, 3.63) is 35.4 Å². The average molecular weight is 272 g/mol. The molecule has 0 radical (unpaired) electrons. The normalized spacial score (nSPS) is 28.3. The van der Waals surface area contributed by atoms with Crippen LogP contribution in [0.15, 0.2) is 24.3 Å². The van der Waals surface area contributed by atoms with Gasteiger partial charge in [-0.25, -0.2) is 0 Å². The Kier molecular flexibility index (Phi) is 4.42. The Labute approximate surface area is 123 Å². The summed E-state index contributed by atoms with van der Waals surface area (Å²) < 4.78 is 0. The van der Waals surface area contributed by atoms with Crippen LogP contribution in [0.25, 0.3) is 0 Å². The molecule has 2 nitrogen and oxygen atoms in total. The predicted octanol–water partition coefficient (Wildman–Crippen LogP) is 3.52.